The van der Waals surface area contributed by atoms with E-state index in [1.54, 1.807) is 36.6 Å². The van der Waals surface area contributed by atoms with Crippen LogP contribution >= 0.6 is 22.7 Å². The summed E-state index contributed by atoms with van der Waals surface area (Å²) in [4.78, 5) is 20.1. The molecule has 22 heavy (non-hydrogen) atoms. The second-order valence-electron chi connectivity index (χ2n) is 4.71. The van der Waals surface area contributed by atoms with Gasteiger partial charge >= 0.3 is 5.97 Å². The Morgan fingerprint density at radius 3 is 2.55 bits per heavy atom. The van der Waals surface area contributed by atoms with Crippen LogP contribution in [0.4, 0.5) is 5.13 Å². The van der Waals surface area contributed by atoms with E-state index in [0.29, 0.717) is 16.4 Å². The van der Waals surface area contributed by atoms with Gasteiger partial charge in [0.25, 0.3) is 0 Å². The molecule has 0 unspecified atom stereocenters. The van der Waals surface area contributed by atoms with Crippen LogP contribution in [0.5, 0.6) is 11.5 Å². The maximum atomic E-state index is 12.3. The molecular weight excluding hydrogens is 320 g/mol. The number of hydrogen-bond donors (Lipinski definition) is 0. The molecule has 2 heterocycles. The maximum absolute atomic E-state index is 12.3. The van der Waals surface area contributed by atoms with Crippen LogP contribution in [0.25, 0.3) is 9.53 Å². The fourth-order valence-electron chi connectivity index (χ4n) is 1.87. The average Bonchev–Trinajstić information content (AvgIpc) is 3.06. The van der Waals surface area contributed by atoms with E-state index in [4.69, 9.17) is 9.47 Å². The van der Waals surface area contributed by atoms with Gasteiger partial charge < -0.3 is 14.4 Å². The molecule has 0 spiro atoms. The minimum Gasteiger partial charge on any atom is -0.493 e. The predicted molar refractivity (Wildman–Crippen MR) is 89.8 cm³/mol. The van der Waals surface area contributed by atoms with E-state index in [9.17, 15) is 4.79 Å². The van der Waals surface area contributed by atoms with Crippen LogP contribution in [-0.4, -0.2) is 32.2 Å². The maximum Gasteiger partial charge on any atom is 0.353 e. The van der Waals surface area contributed by atoms with E-state index in [1.807, 2.05) is 31.1 Å². The number of esters is 1. The number of nitrogens with zero attached hydrogens (tertiary/aromatic N) is 2. The lowest BCUT2D eigenvalue weighted by atomic mass is 10.3. The molecule has 5 nitrogen and oxygen atoms in total. The van der Waals surface area contributed by atoms with Gasteiger partial charge in [-0.25, -0.2) is 9.78 Å². The molecule has 0 aliphatic rings. The highest BCUT2D eigenvalue weighted by atomic mass is 32.1. The smallest absolute Gasteiger partial charge is 0.353 e. The number of para-hydroxylation sites is 2. The van der Waals surface area contributed by atoms with Crippen molar-refractivity contribution in [2.24, 2.45) is 0 Å². The molecule has 1 aromatic carbocycles. The Hall–Kier alpha value is -2.12. The van der Waals surface area contributed by atoms with Gasteiger partial charge in [0, 0.05) is 14.1 Å². The first-order valence-electron chi connectivity index (χ1n) is 6.51. The molecule has 0 bridgehead atoms. The molecule has 3 rings (SSSR count). The van der Waals surface area contributed by atoms with Crippen LogP contribution < -0.4 is 14.4 Å². The summed E-state index contributed by atoms with van der Waals surface area (Å²) in [7, 11) is 5.43. The van der Waals surface area contributed by atoms with Gasteiger partial charge in [-0.05, 0) is 18.2 Å². The topological polar surface area (TPSA) is 51.7 Å². The summed E-state index contributed by atoms with van der Waals surface area (Å²) in [5, 5.41) is 0.922. The average molecular weight is 334 g/mol. The number of hydrogen-bond acceptors (Lipinski definition) is 7. The molecule has 7 heteroatoms. The molecule has 0 N–H and O–H groups in total. The van der Waals surface area contributed by atoms with E-state index in [1.165, 1.54) is 11.3 Å². The third-order valence-electron chi connectivity index (χ3n) is 2.93. The number of aromatic nitrogens is 1. The number of thiazole rings is 1. The Kier molecular flexibility index (Phi) is 4.00. The fraction of sp³-hybridized carbons (Fsp3) is 0.200. The lowest BCUT2D eigenvalue weighted by molar-refractivity contribution is 0.0735. The Balaban J connectivity index is 1.84. The van der Waals surface area contributed by atoms with Crippen molar-refractivity contribution in [3.8, 4) is 11.5 Å². The van der Waals surface area contributed by atoms with Gasteiger partial charge in [-0.15, -0.1) is 11.3 Å². The van der Waals surface area contributed by atoms with Gasteiger partial charge in [-0.2, -0.15) is 0 Å². The molecule has 2 aromatic heterocycles. The highest BCUT2D eigenvalue weighted by Gasteiger charge is 2.17. The largest absolute Gasteiger partial charge is 0.493 e. The zero-order chi connectivity index (χ0) is 15.7. The third-order valence-corrected chi connectivity index (χ3v) is 5.24. The van der Waals surface area contributed by atoms with Gasteiger partial charge in [-0.1, -0.05) is 23.5 Å². The summed E-state index contributed by atoms with van der Waals surface area (Å²) < 4.78 is 11.6. The SMILES string of the molecule is COc1ccccc1OC(=O)c1cc2sc(N(C)C)nc2s1. The number of anilines is 1. The second-order valence-corrected chi connectivity index (χ2v) is 6.75. The van der Waals surface area contributed by atoms with E-state index >= 15 is 0 Å². The lowest BCUT2D eigenvalue weighted by Crippen LogP contribution is -2.08. The molecule has 0 saturated heterocycles. The summed E-state index contributed by atoms with van der Waals surface area (Å²) in [6.45, 7) is 0. The van der Waals surface area contributed by atoms with Crippen LogP contribution in [-0.2, 0) is 0 Å². The number of ether oxygens (including phenoxy) is 2. The Bertz CT molecular complexity index is 792. The standard InChI is InChI=1S/C15H14N2O3S2/c1-17(2)15-16-13-11(22-15)8-12(21-13)14(18)20-10-7-5-4-6-9(10)19-3/h4-8H,1-3H3. The normalized spacial score (nSPS) is 10.7. The number of fused-ring (bicyclic) bond motifs is 1. The van der Waals surface area contributed by atoms with Crippen molar-refractivity contribution in [1.29, 1.82) is 0 Å². The van der Waals surface area contributed by atoms with Crippen LogP contribution in [0.2, 0.25) is 0 Å². The molecule has 0 aliphatic heterocycles. The summed E-state index contributed by atoms with van der Waals surface area (Å²) >= 11 is 2.88. The molecule has 0 radical (unpaired) electrons. The number of thiophene rings is 1. The first-order chi connectivity index (χ1) is 10.6. The van der Waals surface area contributed by atoms with Crippen LogP contribution in [0.15, 0.2) is 30.3 Å². The van der Waals surface area contributed by atoms with Crippen molar-refractivity contribution in [3.63, 3.8) is 0 Å². The van der Waals surface area contributed by atoms with Gasteiger partial charge in [0.1, 0.15) is 9.71 Å². The van der Waals surface area contributed by atoms with Crippen LogP contribution in [0.1, 0.15) is 9.67 Å². The Labute approximate surface area is 135 Å². The van der Waals surface area contributed by atoms with Crippen molar-refractivity contribution in [2.45, 2.75) is 0 Å². The van der Waals surface area contributed by atoms with E-state index < -0.39 is 5.97 Å². The monoisotopic (exact) mass is 334 g/mol. The summed E-state index contributed by atoms with van der Waals surface area (Å²) in [6.07, 6.45) is 0. The summed E-state index contributed by atoms with van der Waals surface area (Å²) in [5.74, 6) is 0.544. The number of methoxy groups -OCH3 is 1. The molecule has 0 atom stereocenters. The quantitative estimate of drug-likeness (QED) is 0.538. The Morgan fingerprint density at radius 1 is 1.18 bits per heavy atom. The van der Waals surface area contributed by atoms with Crippen molar-refractivity contribution in [3.05, 3.63) is 35.2 Å². The number of carbonyl (C=O) groups is 1. The van der Waals surface area contributed by atoms with Crippen molar-refractivity contribution < 1.29 is 14.3 Å². The first-order valence-corrected chi connectivity index (χ1v) is 8.14. The fourth-order valence-corrected chi connectivity index (χ4v) is 3.88. The minimum atomic E-state index is -0.397. The number of benzene rings is 1. The second kappa shape index (κ2) is 5.94. The van der Waals surface area contributed by atoms with Crippen molar-refractivity contribution in [2.75, 3.05) is 26.1 Å². The molecule has 0 fully saturated rings. The molecule has 0 saturated carbocycles. The van der Waals surface area contributed by atoms with E-state index in [0.717, 1.165) is 14.7 Å². The van der Waals surface area contributed by atoms with Crippen molar-refractivity contribution >= 4 is 43.3 Å². The molecule has 0 amide bonds. The Morgan fingerprint density at radius 2 is 1.91 bits per heavy atom. The van der Waals surface area contributed by atoms with Crippen LogP contribution in [0.3, 0.4) is 0 Å². The molecule has 114 valence electrons. The minimum absolute atomic E-state index is 0.397. The highest BCUT2D eigenvalue weighted by Crippen LogP contribution is 2.35. The first kappa shape index (κ1) is 14.8. The van der Waals surface area contributed by atoms with Crippen LogP contribution in [0, 0.1) is 0 Å². The zero-order valence-electron chi connectivity index (χ0n) is 12.3. The predicted octanol–water partition coefficient (Wildman–Crippen LogP) is 3.65. The summed E-state index contributed by atoms with van der Waals surface area (Å²) in [5.41, 5.74) is 0. The third kappa shape index (κ3) is 2.77. The van der Waals surface area contributed by atoms with Gasteiger partial charge in [0.05, 0.1) is 11.8 Å². The number of carbonyl (C=O) groups excluding carboxylic acids is 1. The highest BCUT2D eigenvalue weighted by molar-refractivity contribution is 7.29. The molecule has 0 aliphatic carbocycles. The van der Waals surface area contributed by atoms with Gasteiger partial charge in [-0.3, -0.25) is 0 Å². The lowest BCUT2D eigenvalue weighted by Gasteiger charge is -2.07. The van der Waals surface area contributed by atoms with E-state index in [-0.39, 0.29) is 0 Å². The number of rotatable bonds is 4. The van der Waals surface area contributed by atoms with Crippen molar-refractivity contribution in [1.82, 2.24) is 4.98 Å². The van der Waals surface area contributed by atoms with Gasteiger partial charge in [0.2, 0.25) is 0 Å². The molecular formula is C15H14N2O3S2. The summed E-state index contributed by atoms with van der Waals surface area (Å²) in [6, 6.07) is 8.89. The van der Waals surface area contributed by atoms with Gasteiger partial charge in [0.15, 0.2) is 16.6 Å². The van der Waals surface area contributed by atoms with E-state index in [2.05, 4.69) is 4.98 Å². The molecule has 3 aromatic rings. The zero-order valence-corrected chi connectivity index (χ0v) is 14.0.